The number of nitriles is 1. The number of aryl methyl sites for hydroxylation is 2. The van der Waals surface area contributed by atoms with Crippen LogP contribution in [-0.4, -0.2) is 20.7 Å². The van der Waals surface area contributed by atoms with Gasteiger partial charge >= 0.3 is 0 Å². The number of aromatic nitrogens is 3. The number of rotatable bonds is 4. The maximum absolute atomic E-state index is 14.2. The van der Waals surface area contributed by atoms with Gasteiger partial charge in [0.2, 0.25) is 0 Å². The third-order valence-electron chi connectivity index (χ3n) is 4.96. The molecule has 0 aliphatic carbocycles. The quantitative estimate of drug-likeness (QED) is 0.539. The van der Waals surface area contributed by atoms with Crippen molar-refractivity contribution >= 4 is 16.9 Å². The summed E-state index contributed by atoms with van der Waals surface area (Å²) in [5.74, 6) is -2.26. The number of carbonyl (C=O) groups excluding carboxylic acids is 1. The highest BCUT2D eigenvalue weighted by atomic mass is 19.1. The Morgan fingerprint density at radius 2 is 1.90 bits per heavy atom. The molecule has 0 radical (unpaired) electrons. The lowest BCUT2D eigenvalue weighted by Crippen LogP contribution is -2.28. The molecule has 31 heavy (non-hydrogen) atoms. The first-order chi connectivity index (χ1) is 14.9. The number of benzene rings is 2. The fraction of sp³-hybridized carbons (Fsp3) is 0.130. The number of hydrogen-bond acceptors (Lipinski definition) is 4. The summed E-state index contributed by atoms with van der Waals surface area (Å²) in [4.78, 5) is 17.8. The minimum absolute atomic E-state index is 0.117. The zero-order valence-electron chi connectivity index (χ0n) is 16.7. The molecule has 0 saturated heterocycles. The molecular weight excluding hydrogens is 400 g/mol. The molecule has 0 saturated carbocycles. The van der Waals surface area contributed by atoms with E-state index in [2.05, 4.69) is 15.4 Å². The minimum Gasteiger partial charge on any atom is -0.332 e. The Morgan fingerprint density at radius 3 is 2.58 bits per heavy atom. The van der Waals surface area contributed by atoms with Crippen LogP contribution in [0.25, 0.3) is 22.3 Å². The maximum Gasteiger partial charge on any atom is 0.253 e. The molecule has 0 aliphatic heterocycles. The van der Waals surface area contributed by atoms with Gasteiger partial charge in [-0.3, -0.25) is 9.48 Å². The molecule has 2 aromatic heterocycles. The number of halogens is 2. The number of fused-ring (bicyclic) bond motifs is 1. The molecular formula is C23H17F2N5O. The predicted octanol–water partition coefficient (Wildman–Crippen LogP) is 4.22. The summed E-state index contributed by atoms with van der Waals surface area (Å²) in [5, 5.41) is 17.0. The number of carbonyl (C=O) groups is 1. The summed E-state index contributed by atoms with van der Waals surface area (Å²) in [7, 11) is 1.73. The van der Waals surface area contributed by atoms with Crippen LogP contribution in [0.3, 0.4) is 0 Å². The fourth-order valence-electron chi connectivity index (χ4n) is 3.50. The molecule has 6 nitrogen and oxygen atoms in total. The van der Waals surface area contributed by atoms with Crippen LogP contribution in [0.1, 0.15) is 27.7 Å². The maximum atomic E-state index is 14.2. The SMILES string of the molecule is Cc1nn(C)c2nc(-c3ccccc3)cc(C(=O)NC(C#N)c3ccc(F)cc3F)c12. The molecule has 8 heteroatoms. The van der Waals surface area contributed by atoms with Gasteiger partial charge in [0.1, 0.15) is 17.7 Å². The summed E-state index contributed by atoms with van der Waals surface area (Å²) in [5.41, 5.74) is 2.61. The van der Waals surface area contributed by atoms with E-state index in [9.17, 15) is 18.8 Å². The molecule has 0 aliphatic rings. The Balaban J connectivity index is 1.80. The van der Waals surface area contributed by atoms with Gasteiger partial charge in [0.25, 0.3) is 5.91 Å². The highest BCUT2D eigenvalue weighted by Gasteiger charge is 2.23. The third kappa shape index (κ3) is 3.73. The number of amides is 1. The van der Waals surface area contributed by atoms with Gasteiger partial charge in [-0.25, -0.2) is 13.8 Å². The lowest BCUT2D eigenvalue weighted by molar-refractivity contribution is 0.0946. The topological polar surface area (TPSA) is 83.6 Å². The molecule has 1 amide bonds. The molecule has 4 aromatic rings. The van der Waals surface area contributed by atoms with Crippen LogP contribution in [0.4, 0.5) is 8.78 Å². The van der Waals surface area contributed by atoms with Crippen LogP contribution in [0, 0.1) is 29.9 Å². The predicted molar refractivity (Wildman–Crippen MR) is 111 cm³/mol. The Hall–Kier alpha value is -4.12. The van der Waals surface area contributed by atoms with Crippen LogP contribution >= 0.6 is 0 Å². The van der Waals surface area contributed by atoms with Crippen LogP contribution in [0.5, 0.6) is 0 Å². The van der Waals surface area contributed by atoms with Crippen LogP contribution in [-0.2, 0) is 7.05 Å². The second kappa shape index (κ2) is 7.95. The summed E-state index contributed by atoms with van der Waals surface area (Å²) in [6.07, 6.45) is 0. The van der Waals surface area contributed by atoms with Gasteiger partial charge < -0.3 is 5.32 Å². The Kier molecular flexibility index (Phi) is 5.17. The fourth-order valence-corrected chi connectivity index (χ4v) is 3.50. The van der Waals surface area contributed by atoms with Crippen molar-refractivity contribution in [3.63, 3.8) is 0 Å². The number of hydrogen-bond donors (Lipinski definition) is 1. The van der Waals surface area contributed by atoms with E-state index in [0.717, 1.165) is 17.7 Å². The Labute approximate surface area is 176 Å². The summed E-state index contributed by atoms with van der Waals surface area (Å²) in [6.45, 7) is 1.75. The van der Waals surface area contributed by atoms with Gasteiger partial charge in [-0.05, 0) is 19.1 Å². The molecule has 0 spiro atoms. The summed E-state index contributed by atoms with van der Waals surface area (Å²) in [6, 6.07) is 14.4. The van der Waals surface area contributed by atoms with Gasteiger partial charge in [0.05, 0.1) is 28.4 Å². The normalized spacial score (nSPS) is 11.8. The van der Waals surface area contributed by atoms with Crippen molar-refractivity contribution in [2.24, 2.45) is 7.05 Å². The molecule has 2 heterocycles. The second-order valence-electron chi connectivity index (χ2n) is 7.03. The molecule has 0 bridgehead atoms. The van der Waals surface area contributed by atoms with Crippen LogP contribution in [0.2, 0.25) is 0 Å². The van der Waals surface area contributed by atoms with Crippen molar-refractivity contribution < 1.29 is 13.6 Å². The largest absolute Gasteiger partial charge is 0.332 e. The van der Waals surface area contributed by atoms with E-state index in [1.807, 2.05) is 36.4 Å². The van der Waals surface area contributed by atoms with Gasteiger partial charge in [-0.2, -0.15) is 10.4 Å². The van der Waals surface area contributed by atoms with Crippen molar-refractivity contribution in [1.29, 1.82) is 5.26 Å². The number of nitrogens with one attached hydrogen (secondary N) is 1. The average Bonchev–Trinajstić information content (AvgIpc) is 3.06. The van der Waals surface area contributed by atoms with E-state index in [4.69, 9.17) is 0 Å². The molecule has 0 fully saturated rings. The van der Waals surface area contributed by atoms with Crippen molar-refractivity contribution in [1.82, 2.24) is 20.1 Å². The minimum atomic E-state index is -1.30. The monoisotopic (exact) mass is 417 g/mol. The molecule has 1 unspecified atom stereocenters. The van der Waals surface area contributed by atoms with Crippen LogP contribution in [0.15, 0.2) is 54.6 Å². The van der Waals surface area contributed by atoms with E-state index < -0.39 is 23.6 Å². The van der Waals surface area contributed by atoms with E-state index in [-0.39, 0.29) is 11.1 Å². The van der Waals surface area contributed by atoms with E-state index >= 15 is 0 Å². The highest BCUT2D eigenvalue weighted by molar-refractivity contribution is 6.07. The molecule has 4 rings (SSSR count). The smallest absolute Gasteiger partial charge is 0.253 e. The Bertz CT molecular complexity index is 1340. The second-order valence-corrected chi connectivity index (χ2v) is 7.03. The van der Waals surface area contributed by atoms with E-state index in [1.165, 1.54) is 0 Å². The first-order valence-corrected chi connectivity index (χ1v) is 9.44. The first-order valence-electron chi connectivity index (χ1n) is 9.44. The average molecular weight is 417 g/mol. The highest BCUT2D eigenvalue weighted by Crippen LogP contribution is 2.27. The molecule has 1 N–H and O–H groups in total. The molecule has 154 valence electrons. The van der Waals surface area contributed by atoms with Crippen molar-refractivity contribution in [3.8, 4) is 17.3 Å². The van der Waals surface area contributed by atoms with E-state index in [1.54, 1.807) is 24.7 Å². The van der Waals surface area contributed by atoms with Crippen molar-refractivity contribution in [3.05, 3.63) is 83.1 Å². The zero-order chi connectivity index (χ0) is 22.1. The first kappa shape index (κ1) is 20.2. The standard InChI is InChI=1S/C23H17F2N5O/c1-13-21-17(23(31)28-20(12-26)16-9-8-15(24)10-18(16)25)11-19(14-6-4-3-5-7-14)27-22(21)30(2)29-13/h3-11,20H,1-2H3,(H,28,31). The van der Waals surface area contributed by atoms with Crippen molar-refractivity contribution in [2.45, 2.75) is 13.0 Å². The lowest BCUT2D eigenvalue weighted by atomic mass is 10.0. The summed E-state index contributed by atoms with van der Waals surface area (Å²) < 4.78 is 29.0. The van der Waals surface area contributed by atoms with Crippen molar-refractivity contribution in [2.75, 3.05) is 0 Å². The Morgan fingerprint density at radius 1 is 1.16 bits per heavy atom. The zero-order valence-corrected chi connectivity index (χ0v) is 16.7. The van der Waals surface area contributed by atoms with E-state index in [0.29, 0.717) is 28.5 Å². The third-order valence-corrected chi connectivity index (χ3v) is 4.96. The molecule has 1 atom stereocenters. The van der Waals surface area contributed by atoms with Gasteiger partial charge in [-0.15, -0.1) is 0 Å². The number of pyridine rings is 1. The molecule has 2 aromatic carbocycles. The summed E-state index contributed by atoms with van der Waals surface area (Å²) >= 11 is 0. The van der Waals surface area contributed by atoms with Gasteiger partial charge in [0, 0.05) is 24.2 Å². The lowest BCUT2D eigenvalue weighted by Gasteiger charge is -2.14. The number of nitrogens with zero attached hydrogens (tertiary/aromatic N) is 4. The van der Waals surface area contributed by atoms with Crippen LogP contribution < -0.4 is 5.32 Å². The van der Waals surface area contributed by atoms with Gasteiger partial charge in [-0.1, -0.05) is 36.4 Å². The van der Waals surface area contributed by atoms with Gasteiger partial charge in [0.15, 0.2) is 5.65 Å².